The number of pyridine rings is 2. The van der Waals surface area contributed by atoms with E-state index in [1.54, 1.807) is 13.0 Å². The second-order valence-electron chi connectivity index (χ2n) is 4.57. The fraction of sp³-hybridized carbons (Fsp3) is 0.286. The molecule has 0 aromatic carbocycles. The first-order valence-electron chi connectivity index (χ1n) is 6.55. The number of aromatic nitrogens is 2. The maximum Gasteiger partial charge on any atom is 0.248 e. The number of sulfonamides is 1. The van der Waals surface area contributed by atoms with Gasteiger partial charge in [-0.1, -0.05) is 13.0 Å². The molecular formula is C14H17N3O3S. The van der Waals surface area contributed by atoms with Crippen LogP contribution in [0.25, 0.3) is 0 Å². The number of aromatic amines is 1. The Morgan fingerprint density at radius 3 is 2.67 bits per heavy atom. The monoisotopic (exact) mass is 307 g/mol. The molecule has 2 aromatic heterocycles. The molecule has 6 nitrogen and oxygen atoms in total. The number of hydrogen-bond donors (Lipinski definition) is 1. The summed E-state index contributed by atoms with van der Waals surface area (Å²) in [5, 5.41) is 0. The van der Waals surface area contributed by atoms with Gasteiger partial charge in [-0.25, -0.2) is 8.42 Å². The summed E-state index contributed by atoms with van der Waals surface area (Å²) in [6, 6.07) is 6.63. The van der Waals surface area contributed by atoms with Crippen LogP contribution in [-0.4, -0.2) is 29.2 Å². The van der Waals surface area contributed by atoms with Gasteiger partial charge in [0, 0.05) is 30.7 Å². The van der Waals surface area contributed by atoms with Crippen molar-refractivity contribution in [1.82, 2.24) is 14.3 Å². The summed E-state index contributed by atoms with van der Waals surface area (Å²) < 4.78 is 26.3. The Kier molecular flexibility index (Phi) is 4.54. The molecule has 21 heavy (non-hydrogen) atoms. The van der Waals surface area contributed by atoms with Crippen LogP contribution in [0.5, 0.6) is 0 Å². The van der Waals surface area contributed by atoms with Crippen LogP contribution in [0.1, 0.15) is 18.3 Å². The van der Waals surface area contributed by atoms with Gasteiger partial charge in [0.2, 0.25) is 15.5 Å². The Morgan fingerprint density at radius 1 is 1.29 bits per heavy atom. The molecule has 0 spiro atoms. The van der Waals surface area contributed by atoms with E-state index in [0.717, 1.165) is 5.69 Å². The number of nitrogens with zero attached hydrogens (tertiary/aromatic N) is 2. The highest BCUT2D eigenvalue weighted by atomic mass is 32.2. The van der Waals surface area contributed by atoms with Crippen LogP contribution in [0.3, 0.4) is 0 Å². The van der Waals surface area contributed by atoms with Gasteiger partial charge in [0.15, 0.2) is 0 Å². The van der Waals surface area contributed by atoms with Crippen LogP contribution in [0.15, 0.2) is 46.3 Å². The Hall–Kier alpha value is -1.99. The molecule has 0 saturated heterocycles. The van der Waals surface area contributed by atoms with Gasteiger partial charge in [-0.2, -0.15) is 4.31 Å². The van der Waals surface area contributed by atoms with Crippen molar-refractivity contribution in [2.75, 3.05) is 6.54 Å². The standard InChI is InChI=1S/C14H17N3O3S/c1-3-17(10-12-6-4-5-11(2)16-12)21(19,20)14-9-15-8-7-13(14)18/h4-9H,3,10H2,1-2H3,(H,15,18). The fourth-order valence-corrected chi connectivity index (χ4v) is 3.44. The van der Waals surface area contributed by atoms with Crippen LogP contribution < -0.4 is 5.43 Å². The van der Waals surface area contributed by atoms with Gasteiger partial charge in [-0.05, 0) is 19.1 Å². The molecule has 0 saturated carbocycles. The van der Waals surface area contributed by atoms with Crippen molar-refractivity contribution in [3.8, 4) is 0 Å². The maximum atomic E-state index is 12.6. The van der Waals surface area contributed by atoms with E-state index in [1.807, 2.05) is 19.1 Å². The summed E-state index contributed by atoms with van der Waals surface area (Å²) in [6.07, 6.45) is 2.61. The topological polar surface area (TPSA) is 83.1 Å². The normalized spacial score (nSPS) is 11.8. The Bertz CT molecular complexity index is 784. The largest absolute Gasteiger partial charge is 0.366 e. The lowest BCUT2D eigenvalue weighted by atomic mass is 10.3. The highest BCUT2D eigenvalue weighted by Gasteiger charge is 2.26. The highest BCUT2D eigenvalue weighted by molar-refractivity contribution is 7.89. The summed E-state index contributed by atoms with van der Waals surface area (Å²) >= 11 is 0. The van der Waals surface area contributed by atoms with E-state index >= 15 is 0 Å². The summed E-state index contributed by atoms with van der Waals surface area (Å²) in [4.78, 5) is 18.4. The molecule has 2 rings (SSSR count). The molecule has 0 atom stereocenters. The van der Waals surface area contributed by atoms with Crippen LogP contribution >= 0.6 is 0 Å². The van der Waals surface area contributed by atoms with Gasteiger partial charge < -0.3 is 4.98 Å². The molecule has 0 radical (unpaired) electrons. The van der Waals surface area contributed by atoms with Crippen LogP contribution in [0.2, 0.25) is 0 Å². The lowest BCUT2D eigenvalue weighted by Gasteiger charge is -2.19. The van der Waals surface area contributed by atoms with Crippen molar-refractivity contribution in [3.05, 3.63) is 58.3 Å². The van der Waals surface area contributed by atoms with E-state index in [-0.39, 0.29) is 18.0 Å². The molecule has 0 bridgehead atoms. The first-order chi connectivity index (χ1) is 9.95. The minimum absolute atomic E-state index is 0.134. The van der Waals surface area contributed by atoms with E-state index < -0.39 is 15.5 Å². The molecule has 0 aliphatic rings. The molecule has 0 aliphatic carbocycles. The molecular weight excluding hydrogens is 290 g/mol. The first-order valence-corrected chi connectivity index (χ1v) is 7.99. The fourth-order valence-electron chi connectivity index (χ4n) is 1.98. The number of hydrogen-bond acceptors (Lipinski definition) is 4. The predicted molar refractivity (Wildman–Crippen MR) is 79.3 cm³/mol. The van der Waals surface area contributed by atoms with Crippen molar-refractivity contribution in [2.45, 2.75) is 25.3 Å². The number of aryl methyl sites for hydroxylation is 1. The van der Waals surface area contributed by atoms with E-state index in [4.69, 9.17) is 0 Å². The first kappa shape index (κ1) is 15.4. The lowest BCUT2D eigenvalue weighted by Crippen LogP contribution is -2.33. The summed E-state index contributed by atoms with van der Waals surface area (Å²) in [5.74, 6) is 0. The van der Waals surface area contributed by atoms with Gasteiger partial charge in [-0.3, -0.25) is 9.78 Å². The zero-order valence-electron chi connectivity index (χ0n) is 11.9. The number of nitrogens with one attached hydrogen (secondary N) is 1. The maximum absolute atomic E-state index is 12.6. The summed E-state index contributed by atoms with van der Waals surface area (Å²) in [7, 11) is -3.84. The molecule has 0 amide bonds. The minimum atomic E-state index is -3.84. The summed E-state index contributed by atoms with van der Waals surface area (Å²) in [6.45, 7) is 3.96. The van der Waals surface area contributed by atoms with Gasteiger partial charge >= 0.3 is 0 Å². The Morgan fingerprint density at radius 2 is 2.05 bits per heavy atom. The van der Waals surface area contributed by atoms with E-state index in [2.05, 4.69) is 9.97 Å². The number of rotatable bonds is 5. The van der Waals surface area contributed by atoms with Crippen molar-refractivity contribution in [2.24, 2.45) is 0 Å². The molecule has 0 aliphatic heterocycles. The van der Waals surface area contributed by atoms with Gasteiger partial charge in [0.05, 0.1) is 12.2 Å². The van der Waals surface area contributed by atoms with Gasteiger partial charge in [-0.15, -0.1) is 0 Å². The van der Waals surface area contributed by atoms with E-state index in [1.165, 1.54) is 22.8 Å². The SMILES string of the molecule is CCN(Cc1cccc(C)n1)S(=O)(=O)c1c[nH]ccc1=O. The zero-order valence-corrected chi connectivity index (χ0v) is 12.7. The van der Waals surface area contributed by atoms with Gasteiger partial charge in [0.1, 0.15) is 4.90 Å². The second kappa shape index (κ2) is 6.19. The molecule has 7 heteroatoms. The van der Waals surface area contributed by atoms with Crippen LogP contribution in [0, 0.1) is 6.92 Å². The highest BCUT2D eigenvalue weighted by Crippen LogP contribution is 2.14. The van der Waals surface area contributed by atoms with Crippen molar-refractivity contribution < 1.29 is 8.42 Å². The minimum Gasteiger partial charge on any atom is -0.366 e. The van der Waals surface area contributed by atoms with Crippen molar-refractivity contribution in [1.29, 1.82) is 0 Å². The predicted octanol–water partition coefficient (Wildman–Crippen LogP) is 1.29. The smallest absolute Gasteiger partial charge is 0.248 e. The average Bonchev–Trinajstić information content (AvgIpc) is 2.45. The van der Waals surface area contributed by atoms with Gasteiger partial charge in [0.25, 0.3) is 0 Å². The molecule has 112 valence electrons. The molecule has 1 N–H and O–H groups in total. The van der Waals surface area contributed by atoms with Crippen molar-refractivity contribution >= 4 is 10.0 Å². The van der Waals surface area contributed by atoms with Crippen LogP contribution in [0.4, 0.5) is 0 Å². The number of H-pyrrole nitrogens is 1. The molecule has 0 fully saturated rings. The Balaban J connectivity index is 2.37. The molecule has 0 unspecified atom stereocenters. The zero-order chi connectivity index (χ0) is 15.5. The molecule has 2 heterocycles. The third kappa shape index (κ3) is 3.37. The average molecular weight is 307 g/mol. The van der Waals surface area contributed by atoms with Crippen LogP contribution in [-0.2, 0) is 16.6 Å². The Labute approximate surface area is 123 Å². The van der Waals surface area contributed by atoms with E-state index in [0.29, 0.717) is 5.69 Å². The summed E-state index contributed by atoms with van der Waals surface area (Å²) in [5.41, 5.74) is 0.940. The third-order valence-corrected chi connectivity index (χ3v) is 4.99. The van der Waals surface area contributed by atoms with E-state index in [9.17, 15) is 13.2 Å². The molecule has 2 aromatic rings. The quantitative estimate of drug-likeness (QED) is 0.902. The second-order valence-corrected chi connectivity index (χ2v) is 6.48. The van der Waals surface area contributed by atoms with Crippen molar-refractivity contribution in [3.63, 3.8) is 0 Å². The third-order valence-electron chi connectivity index (χ3n) is 3.04. The lowest BCUT2D eigenvalue weighted by molar-refractivity contribution is 0.418.